The lowest BCUT2D eigenvalue weighted by Crippen LogP contribution is -2.30. The molecule has 0 fully saturated rings. The number of thiophene rings is 1. The minimum atomic E-state index is -0.326. The van der Waals surface area contributed by atoms with Crippen molar-refractivity contribution in [3.8, 4) is 11.5 Å². The van der Waals surface area contributed by atoms with Gasteiger partial charge < -0.3 is 24.8 Å². The van der Waals surface area contributed by atoms with Crippen molar-refractivity contribution in [2.45, 2.75) is 6.42 Å². The Morgan fingerprint density at radius 3 is 2.55 bits per heavy atom. The van der Waals surface area contributed by atoms with Gasteiger partial charge in [-0.2, -0.15) is 0 Å². The zero-order chi connectivity index (χ0) is 20.8. The monoisotopic (exact) mass is 430 g/mol. The summed E-state index contributed by atoms with van der Waals surface area (Å²) in [6, 6.07) is 13.5. The number of hydrogen-bond donors (Lipinski definition) is 2. The predicted octanol–water partition coefficient (Wildman–Crippen LogP) is 4.23. The highest BCUT2D eigenvalue weighted by Crippen LogP contribution is 2.29. The Hall–Kier alpha value is -2.84. The molecule has 6 nitrogen and oxygen atoms in total. The molecule has 0 amide bonds. The quantitative estimate of drug-likeness (QED) is 0.429. The topological polar surface area (TPSA) is 68.8 Å². The lowest BCUT2D eigenvalue weighted by atomic mass is 10.1. The van der Waals surface area contributed by atoms with Gasteiger partial charge in [-0.05, 0) is 66.0 Å². The molecule has 3 aromatic rings. The fraction of sp³-hybridized carbons (Fsp3) is 0.238. The van der Waals surface area contributed by atoms with E-state index in [2.05, 4.69) is 10.6 Å². The fourth-order valence-corrected chi connectivity index (χ4v) is 4.04. The maximum Gasteiger partial charge on any atom is 0.348 e. The van der Waals surface area contributed by atoms with E-state index in [1.807, 2.05) is 42.5 Å². The van der Waals surface area contributed by atoms with E-state index in [1.54, 1.807) is 14.2 Å². The Balaban J connectivity index is 1.56. The summed E-state index contributed by atoms with van der Waals surface area (Å²) in [6.07, 6.45) is 0.786. The van der Waals surface area contributed by atoms with Gasteiger partial charge in [-0.25, -0.2) is 4.79 Å². The van der Waals surface area contributed by atoms with Crippen molar-refractivity contribution >= 4 is 50.4 Å². The zero-order valence-electron chi connectivity index (χ0n) is 16.4. The van der Waals surface area contributed by atoms with Gasteiger partial charge in [-0.1, -0.05) is 6.07 Å². The third-order valence-electron chi connectivity index (χ3n) is 4.31. The summed E-state index contributed by atoms with van der Waals surface area (Å²) >= 11 is 6.79. The van der Waals surface area contributed by atoms with E-state index >= 15 is 0 Å². The van der Waals surface area contributed by atoms with Crippen LogP contribution in [-0.4, -0.2) is 39.0 Å². The van der Waals surface area contributed by atoms with Gasteiger partial charge in [-0.15, -0.1) is 11.3 Å². The van der Waals surface area contributed by atoms with Crippen LogP contribution in [-0.2, 0) is 11.2 Å². The lowest BCUT2D eigenvalue weighted by molar-refractivity contribution is 0.0606. The Bertz CT molecular complexity index is 1030. The van der Waals surface area contributed by atoms with Gasteiger partial charge in [0.15, 0.2) is 16.6 Å². The average molecular weight is 431 g/mol. The molecule has 0 spiro atoms. The molecule has 3 rings (SSSR count). The first-order chi connectivity index (χ1) is 14.0. The number of ether oxygens (including phenoxy) is 3. The lowest BCUT2D eigenvalue weighted by Gasteiger charge is -2.12. The van der Waals surface area contributed by atoms with Crippen LogP contribution in [0.4, 0.5) is 5.69 Å². The second-order valence-corrected chi connectivity index (χ2v) is 7.67. The normalized spacial score (nSPS) is 10.4. The molecule has 2 aromatic carbocycles. The number of thiocarbonyl (C=S) groups is 1. The van der Waals surface area contributed by atoms with E-state index in [0.717, 1.165) is 27.8 Å². The summed E-state index contributed by atoms with van der Waals surface area (Å²) < 4.78 is 16.4. The van der Waals surface area contributed by atoms with Crippen molar-refractivity contribution in [3.63, 3.8) is 0 Å². The Kier molecular flexibility index (Phi) is 6.90. The molecule has 0 aliphatic rings. The van der Waals surface area contributed by atoms with Gasteiger partial charge in [0.2, 0.25) is 0 Å². The van der Waals surface area contributed by atoms with Crippen LogP contribution in [0.5, 0.6) is 11.5 Å². The molecule has 0 radical (unpaired) electrons. The molecule has 0 unspecified atom stereocenters. The zero-order valence-corrected chi connectivity index (χ0v) is 18.0. The molecule has 2 N–H and O–H groups in total. The van der Waals surface area contributed by atoms with Crippen molar-refractivity contribution < 1.29 is 19.0 Å². The van der Waals surface area contributed by atoms with Crippen molar-refractivity contribution in [1.29, 1.82) is 0 Å². The number of rotatable bonds is 7. The van der Waals surface area contributed by atoms with E-state index in [4.69, 9.17) is 26.4 Å². The number of carbonyl (C=O) groups excluding carboxylic acids is 1. The molecule has 1 aromatic heterocycles. The second-order valence-electron chi connectivity index (χ2n) is 6.18. The largest absolute Gasteiger partial charge is 0.493 e. The van der Waals surface area contributed by atoms with E-state index in [0.29, 0.717) is 28.0 Å². The summed E-state index contributed by atoms with van der Waals surface area (Å²) in [5.74, 6) is 1.09. The highest BCUT2D eigenvalue weighted by molar-refractivity contribution is 7.80. The van der Waals surface area contributed by atoms with Crippen molar-refractivity contribution in [3.05, 3.63) is 52.9 Å². The molecule has 29 heavy (non-hydrogen) atoms. The predicted molar refractivity (Wildman–Crippen MR) is 121 cm³/mol. The minimum absolute atomic E-state index is 0.326. The summed E-state index contributed by atoms with van der Waals surface area (Å²) in [6.45, 7) is 0.675. The van der Waals surface area contributed by atoms with Crippen LogP contribution in [0, 0.1) is 0 Å². The number of carbonyl (C=O) groups is 1. The Morgan fingerprint density at radius 2 is 1.83 bits per heavy atom. The Labute approximate surface area is 178 Å². The number of hydrogen-bond acceptors (Lipinski definition) is 6. The number of benzene rings is 2. The number of nitrogens with one attached hydrogen (secondary N) is 2. The van der Waals surface area contributed by atoms with Crippen LogP contribution in [0.2, 0.25) is 0 Å². The standard InChI is InChI=1S/C21H22N2O4S2/c1-25-16-6-4-13(10-17(16)26-2)8-9-22-21(28)23-15-5-7-18-14(11-15)12-19(29-18)20(24)27-3/h4-7,10-12H,8-9H2,1-3H3,(H2,22,23,28). The van der Waals surface area contributed by atoms with Crippen LogP contribution >= 0.6 is 23.6 Å². The molecule has 0 atom stereocenters. The molecule has 1 heterocycles. The first-order valence-corrected chi connectivity index (χ1v) is 10.1. The summed E-state index contributed by atoms with van der Waals surface area (Å²) in [5, 5.41) is 7.88. The maximum atomic E-state index is 11.7. The smallest absolute Gasteiger partial charge is 0.348 e. The van der Waals surface area contributed by atoms with Crippen molar-refractivity contribution in [2.24, 2.45) is 0 Å². The number of methoxy groups -OCH3 is 3. The molecule has 0 saturated carbocycles. The van der Waals surface area contributed by atoms with Crippen molar-refractivity contribution in [1.82, 2.24) is 5.32 Å². The fourth-order valence-electron chi connectivity index (χ4n) is 2.85. The maximum absolute atomic E-state index is 11.7. The summed E-state index contributed by atoms with van der Waals surface area (Å²) in [4.78, 5) is 12.3. The summed E-state index contributed by atoms with van der Waals surface area (Å²) in [7, 11) is 4.62. The van der Waals surface area contributed by atoms with Crippen LogP contribution in [0.25, 0.3) is 10.1 Å². The van der Waals surface area contributed by atoms with Gasteiger partial charge in [0.25, 0.3) is 0 Å². The van der Waals surface area contributed by atoms with Crippen LogP contribution in [0.15, 0.2) is 42.5 Å². The number of fused-ring (bicyclic) bond motifs is 1. The van der Waals surface area contributed by atoms with Gasteiger partial charge in [-0.3, -0.25) is 0 Å². The molecular weight excluding hydrogens is 408 g/mol. The highest BCUT2D eigenvalue weighted by Gasteiger charge is 2.11. The van der Waals surface area contributed by atoms with E-state index in [-0.39, 0.29) is 5.97 Å². The van der Waals surface area contributed by atoms with Crippen LogP contribution < -0.4 is 20.1 Å². The third kappa shape index (κ3) is 5.16. The van der Waals surface area contributed by atoms with Crippen molar-refractivity contribution in [2.75, 3.05) is 33.2 Å². The molecule has 0 aliphatic heterocycles. The first kappa shape index (κ1) is 20.9. The third-order valence-corrected chi connectivity index (χ3v) is 5.65. The van der Waals surface area contributed by atoms with Gasteiger partial charge in [0, 0.05) is 16.9 Å². The van der Waals surface area contributed by atoms with Gasteiger partial charge >= 0.3 is 5.97 Å². The molecule has 8 heteroatoms. The molecule has 0 aliphatic carbocycles. The van der Waals surface area contributed by atoms with Crippen LogP contribution in [0.3, 0.4) is 0 Å². The highest BCUT2D eigenvalue weighted by atomic mass is 32.1. The van der Waals surface area contributed by atoms with Gasteiger partial charge in [0.05, 0.1) is 21.3 Å². The van der Waals surface area contributed by atoms with E-state index in [1.165, 1.54) is 18.4 Å². The number of anilines is 1. The molecule has 152 valence electrons. The molecular formula is C21H22N2O4S2. The molecule has 0 bridgehead atoms. The SMILES string of the molecule is COC(=O)c1cc2cc(NC(=S)NCCc3ccc(OC)c(OC)c3)ccc2s1. The number of esters is 1. The molecule has 0 saturated heterocycles. The average Bonchev–Trinajstić information content (AvgIpc) is 3.16. The minimum Gasteiger partial charge on any atom is -0.493 e. The van der Waals surface area contributed by atoms with Gasteiger partial charge in [0.1, 0.15) is 4.88 Å². The Morgan fingerprint density at radius 1 is 1.03 bits per heavy atom. The van der Waals surface area contributed by atoms with E-state index in [9.17, 15) is 4.79 Å². The summed E-state index contributed by atoms with van der Waals surface area (Å²) in [5.41, 5.74) is 1.98. The first-order valence-electron chi connectivity index (χ1n) is 8.91. The van der Waals surface area contributed by atoms with E-state index < -0.39 is 0 Å². The second kappa shape index (κ2) is 9.58. The van der Waals surface area contributed by atoms with Crippen LogP contribution in [0.1, 0.15) is 15.2 Å².